The summed E-state index contributed by atoms with van der Waals surface area (Å²) >= 11 is 0. The van der Waals surface area contributed by atoms with Gasteiger partial charge in [-0.3, -0.25) is 4.90 Å². The molecule has 0 saturated carbocycles. The van der Waals surface area contributed by atoms with Gasteiger partial charge in [-0.25, -0.2) is 4.39 Å². The van der Waals surface area contributed by atoms with E-state index in [1.807, 2.05) is 18.2 Å². The van der Waals surface area contributed by atoms with Crippen LogP contribution in [0.15, 0.2) is 47.0 Å². The van der Waals surface area contributed by atoms with Crippen molar-refractivity contribution in [2.24, 2.45) is 0 Å². The smallest absolute Gasteiger partial charge is 0.227 e. The second-order valence-electron chi connectivity index (χ2n) is 6.98. The Hall–Kier alpha value is -2.73. The number of halogens is 1. The van der Waals surface area contributed by atoms with Gasteiger partial charge < -0.3 is 9.26 Å². The van der Waals surface area contributed by atoms with Gasteiger partial charge in [0.1, 0.15) is 11.6 Å². The number of aryl methyl sites for hydroxylation is 2. The average molecular weight is 383 g/mol. The van der Waals surface area contributed by atoms with E-state index in [1.165, 1.54) is 6.07 Å². The van der Waals surface area contributed by atoms with Crippen molar-refractivity contribution >= 4 is 0 Å². The molecule has 3 aromatic rings. The lowest BCUT2D eigenvalue weighted by atomic mass is 10.1. The Morgan fingerprint density at radius 3 is 2.75 bits per heavy atom. The van der Waals surface area contributed by atoms with Crippen LogP contribution in [-0.4, -0.2) is 35.7 Å². The Morgan fingerprint density at radius 1 is 1.21 bits per heavy atom. The van der Waals surface area contributed by atoms with E-state index in [0.29, 0.717) is 29.3 Å². The Balaban J connectivity index is 1.56. The van der Waals surface area contributed by atoms with E-state index in [9.17, 15) is 4.39 Å². The lowest BCUT2D eigenvalue weighted by molar-refractivity contribution is 0.248. The molecule has 0 radical (unpaired) electrons. The molecule has 28 heavy (non-hydrogen) atoms. The Morgan fingerprint density at radius 2 is 2.00 bits per heavy atom. The van der Waals surface area contributed by atoms with Crippen LogP contribution in [0.3, 0.4) is 0 Å². The summed E-state index contributed by atoms with van der Waals surface area (Å²) in [7, 11) is 3.78. The van der Waals surface area contributed by atoms with E-state index >= 15 is 0 Å². The first-order valence-corrected chi connectivity index (χ1v) is 9.42. The van der Waals surface area contributed by atoms with Crippen molar-refractivity contribution in [1.82, 2.24) is 15.0 Å². The topological polar surface area (TPSA) is 51.4 Å². The Kier molecular flexibility index (Phi) is 6.41. The molecule has 6 heteroatoms. The molecule has 1 heterocycles. The maximum atomic E-state index is 13.7. The number of ether oxygens (including phenoxy) is 1. The number of aromatic nitrogens is 2. The van der Waals surface area contributed by atoms with Gasteiger partial charge in [-0.15, -0.1) is 0 Å². The molecule has 5 nitrogen and oxygen atoms in total. The highest BCUT2D eigenvalue weighted by Crippen LogP contribution is 2.28. The average Bonchev–Trinajstić information content (AvgIpc) is 3.18. The van der Waals surface area contributed by atoms with Crippen LogP contribution in [0.5, 0.6) is 5.75 Å². The van der Waals surface area contributed by atoms with Crippen LogP contribution in [0, 0.1) is 12.7 Å². The summed E-state index contributed by atoms with van der Waals surface area (Å²) in [4.78, 5) is 6.66. The fourth-order valence-electron chi connectivity index (χ4n) is 3.13. The summed E-state index contributed by atoms with van der Waals surface area (Å²) in [5.74, 6) is 1.61. The van der Waals surface area contributed by atoms with Crippen molar-refractivity contribution in [2.75, 3.05) is 20.7 Å². The van der Waals surface area contributed by atoms with E-state index in [4.69, 9.17) is 9.26 Å². The van der Waals surface area contributed by atoms with E-state index < -0.39 is 0 Å². The molecular formula is C22H26FN3O2. The van der Waals surface area contributed by atoms with Gasteiger partial charge >= 0.3 is 0 Å². The summed E-state index contributed by atoms with van der Waals surface area (Å²) in [5.41, 5.74) is 2.38. The van der Waals surface area contributed by atoms with Gasteiger partial charge in [0.2, 0.25) is 11.7 Å². The normalized spacial score (nSPS) is 12.4. The maximum Gasteiger partial charge on any atom is 0.227 e. The lowest BCUT2D eigenvalue weighted by Gasteiger charge is -2.26. The highest BCUT2D eigenvalue weighted by Gasteiger charge is 2.16. The molecule has 1 aromatic heterocycles. The maximum absolute atomic E-state index is 13.7. The molecule has 1 atom stereocenters. The van der Waals surface area contributed by atoms with Crippen molar-refractivity contribution in [3.05, 3.63) is 65.3 Å². The van der Waals surface area contributed by atoms with Crippen LogP contribution in [0.4, 0.5) is 4.39 Å². The molecule has 0 aliphatic carbocycles. The van der Waals surface area contributed by atoms with Gasteiger partial charge in [0, 0.05) is 23.6 Å². The Bertz CT molecular complexity index is 926. The van der Waals surface area contributed by atoms with E-state index in [1.54, 1.807) is 26.2 Å². The minimum atomic E-state index is -0.268. The highest BCUT2D eigenvalue weighted by molar-refractivity contribution is 5.54. The molecule has 0 bridgehead atoms. The molecule has 0 saturated heterocycles. The van der Waals surface area contributed by atoms with Gasteiger partial charge in [-0.1, -0.05) is 35.5 Å². The molecule has 2 aromatic carbocycles. The molecule has 0 fully saturated rings. The number of nitrogens with zero attached hydrogens (tertiary/aromatic N) is 3. The van der Waals surface area contributed by atoms with Crippen LogP contribution in [-0.2, 0) is 6.42 Å². The molecule has 1 unspecified atom stereocenters. The third kappa shape index (κ3) is 4.57. The predicted octanol–water partition coefficient (Wildman–Crippen LogP) is 4.82. The first-order chi connectivity index (χ1) is 13.5. The molecule has 0 amide bonds. The third-order valence-corrected chi connectivity index (χ3v) is 5.05. The van der Waals surface area contributed by atoms with Crippen LogP contribution in [0.25, 0.3) is 11.4 Å². The van der Waals surface area contributed by atoms with Gasteiger partial charge in [0.15, 0.2) is 0 Å². The zero-order valence-corrected chi connectivity index (χ0v) is 16.8. The van der Waals surface area contributed by atoms with Crippen molar-refractivity contribution in [1.29, 1.82) is 0 Å². The molecule has 3 rings (SSSR count). The monoisotopic (exact) mass is 383 g/mol. The SMILES string of the molecule is COc1ccccc1C(C)N(C)CCCc1nc(-c2ccc(C)c(F)c2)no1. The number of rotatable bonds is 8. The zero-order chi connectivity index (χ0) is 20.1. The molecule has 0 N–H and O–H groups in total. The molecule has 0 aliphatic heterocycles. The molecule has 148 valence electrons. The Labute approximate surface area is 165 Å². The minimum Gasteiger partial charge on any atom is -0.496 e. The summed E-state index contributed by atoms with van der Waals surface area (Å²) in [6, 6.07) is 13.2. The number of para-hydroxylation sites is 1. The summed E-state index contributed by atoms with van der Waals surface area (Å²) in [6.45, 7) is 4.76. The van der Waals surface area contributed by atoms with Crippen molar-refractivity contribution in [3.8, 4) is 17.1 Å². The second-order valence-corrected chi connectivity index (χ2v) is 6.98. The van der Waals surface area contributed by atoms with Gasteiger partial charge in [-0.2, -0.15) is 4.98 Å². The van der Waals surface area contributed by atoms with E-state index in [2.05, 4.69) is 35.1 Å². The van der Waals surface area contributed by atoms with Crippen molar-refractivity contribution < 1.29 is 13.7 Å². The first-order valence-electron chi connectivity index (χ1n) is 9.42. The summed E-state index contributed by atoms with van der Waals surface area (Å²) in [6.07, 6.45) is 1.55. The molecule has 0 aliphatic rings. The van der Waals surface area contributed by atoms with E-state index in [0.717, 1.165) is 24.3 Å². The molecule has 0 spiro atoms. The number of methoxy groups -OCH3 is 1. The van der Waals surface area contributed by atoms with Gasteiger partial charge in [0.25, 0.3) is 0 Å². The van der Waals surface area contributed by atoms with Crippen molar-refractivity contribution in [3.63, 3.8) is 0 Å². The lowest BCUT2D eigenvalue weighted by Crippen LogP contribution is -2.24. The van der Waals surface area contributed by atoms with Crippen molar-refractivity contribution in [2.45, 2.75) is 32.7 Å². The zero-order valence-electron chi connectivity index (χ0n) is 16.8. The summed E-state index contributed by atoms with van der Waals surface area (Å²) < 4.78 is 24.5. The number of hydrogen-bond acceptors (Lipinski definition) is 5. The van der Waals surface area contributed by atoms with Crippen LogP contribution < -0.4 is 4.74 Å². The standard InChI is InChI=1S/C22H26FN3O2/c1-15-11-12-17(14-19(15)23)22-24-21(28-25-22)10-7-13-26(3)16(2)18-8-5-6-9-20(18)27-4/h5-6,8-9,11-12,14,16H,7,10,13H2,1-4H3. The number of benzene rings is 2. The fraction of sp³-hybridized carbons (Fsp3) is 0.364. The van der Waals surface area contributed by atoms with Gasteiger partial charge in [-0.05, 0) is 51.6 Å². The fourth-order valence-corrected chi connectivity index (χ4v) is 3.13. The minimum absolute atomic E-state index is 0.227. The second kappa shape index (κ2) is 8.97. The predicted molar refractivity (Wildman–Crippen MR) is 107 cm³/mol. The summed E-state index contributed by atoms with van der Waals surface area (Å²) in [5, 5.41) is 3.98. The third-order valence-electron chi connectivity index (χ3n) is 5.05. The highest BCUT2D eigenvalue weighted by atomic mass is 19.1. The van der Waals surface area contributed by atoms with Crippen LogP contribution in [0.1, 0.15) is 36.4 Å². The van der Waals surface area contributed by atoms with Crippen LogP contribution >= 0.6 is 0 Å². The van der Waals surface area contributed by atoms with E-state index in [-0.39, 0.29) is 11.9 Å². The quantitative estimate of drug-likeness (QED) is 0.558. The van der Waals surface area contributed by atoms with Crippen LogP contribution in [0.2, 0.25) is 0 Å². The largest absolute Gasteiger partial charge is 0.496 e. The molecular weight excluding hydrogens is 357 g/mol. The first kappa shape index (κ1) is 20.0. The number of hydrogen-bond donors (Lipinski definition) is 0. The van der Waals surface area contributed by atoms with Gasteiger partial charge in [0.05, 0.1) is 7.11 Å².